The number of hydrogen-bond donors (Lipinski definition) is 3. The van der Waals surface area contributed by atoms with Gasteiger partial charge in [0.2, 0.25) is 5.91 Å². The van der Waals surface area contributed by atoms with Gasteiger partial charge in [0.05, 0.1) is 13.2 Å². The Hall–Kier alpha value is -2.41. The van der Waals surface area contributed by atoms with Crippen molar-refractivity contribution in [2.24, 2.45) is 0 Å². The first-order valence-electron chi connectivity index (χ1n) is 8.41. The number of phenolic OH excluding ortho intramolecular Hbond substituents is 1. The molecule has 0 aliphatic carbocycles. The maximum Gasteiger partial charge on any atom is 0.328 e. The van der Waals surface area contributed by atoms with Crippen LogP contribution in [-0.2, 0) is 25.5 Å². The summed E-state index contributed by atoms with van der Waals surface area (Å²) in [6.45, 7) is 0.833. The van der Waals surface area contributed by atoms with Crippen LogP contribution >= 0.6 is 0 Å². The summed E-state index contributed by atoms with van der Waals surface area (Å²) in [5.41, 5.74) is 0.778. The van der Waals surface area contributed by atoms with Crippen LogP contribution in [0.5, 0.6) is 5.75 Å². The highest BCUT2D eigenvalue weighted by atomic mass is 16.5. The van der Waals surface area contributed by atoms with E-state index in [1.165, 1.54) is 19.2 Å². The number of ether oxygens (including phenoxy) is 1. The van der Waals surface area contributed by atoms with Crippen LogP contribution in [0.1, 0.15) is 31.2 Å². The second-order valence-electron chi connectivity index (χ2n) is 6.13. The zero-order valence-electron chi connectivity index (χ0n) is 14.3. The average molecular weight is 348 g/mol. The standard InChI is InChI=1S/C18H24N2O5/c1-25-18(24)15(11-12-4-6-13(21)7-5-12)20-17(23)9-8-16(22)14-3-2-10-19-14/h4-7,14-15,19,21H,2-3,8-11H2,1H3,(H,20,23)/t14-,15-/m0/s1. The summed E-state index contributed by atoms with van der Waals surface area (Å²) in [5.74, 6) is -0.757. The number of hydrogen-bond acceptors (Lipinski definition) is 6. The quantitative estimate of drug-likeness (QED) is 0.597. The summed E-state index contributed by atoms with van der Waals surface area (Å²) in [7, 11) is 1.26. The van der Waals surface area contributed by atoms with E-state index in [0.717, 1.165) is 24.9 Å². The lowest BCUT2D eigenvalue weighted by atomic mass is 10.0. The van der Waals surface area contributed by atoms with Crippen LogP contribution in [0.25, 0.3) is 0 Å². The van der Waals surface area contributed by atoms with Crippen molar-refractivity contribution < 1.29 is 24.2 Å². The van der Waals surface area contributed by atoms with Gasteiger partial charge in [-0.3, -0.25) is 9.59 Å². The summed E-state index contributed by atoms with van der Waals surface area (Å²) in [5, 5.41) is 15.0. The van der Waals surface area contributed by atoms with Crippen molar-refractivity contribution in [1.29, 1.82) is 0 Å². The van der Waals surface area contributed by atoms with Gasteiger partial charge in [0.25, 0.3) is 0 Å². The molecule has 1 aromatic carbocycles. The molecule has 1 aromatic rings. The van der Waals surface area contributed by atoms with Gasteiger partial charge in [-0.15, -0.1) is 0 Å². The van der Waals surface area contributed by atoms with E-state index in [-0.39, 0.29) is 42.7 Å². The first kappa shape index (κ1) is 18.9. The molecule has 2 rings (SSSR count). The van der Waals surface area contributed by atoms with E-state index in [4.69, 9.17) is 4.74 Å². The number of aromatic hydroxyl groups is 1. The molecule has 0 spiro atoms. The maximum absolute atomic E-state index is 12.1. The number of ketones is 1. The molecule has 0 saturated carbocycles. The van der Waals surface area contributed by atoms with Gasteiger partial charge < -0.3 is 20.5 Å². The molecule has 0 radical (unpaired) electrons. The maximum atomic E-state index is 12.1. The predicted octanol–water partition coefficient (Wildman–Crippen LogP) is 0.694. The third kappa shape index (κ3) is 5.86. The molecule has 136 valence electrons. The molecular formula is C18H24N2O5. The lowest BCUT2D eigenvalue weighted by Crippen LogP contribution is -2.43. The second kappa shape index (κ2) is 9.17. The van der Waals surface area contributed by atoms with Crippen molar-refractivity contribution in [1.82, 2.24) is 10.6 Å². The molecule has 1 heterocycles. The average Bonchev–Trinajstić information content (AvgIpc) is 3.15. The van der Waals surface area contributed by atoms with E-state index < -0.39 is 12.0 Å². The van der Waals surface area contributed by atoms with E-state index in [9.17, 15) is 19.5 Å². The fourth-order valence-electron chi connectivity index (χ4n) is 2.84. The number of nitrogens with one attached hydrogen (secondary N) is 2. The Morgan fingerprint density at radius 2 is 2.00 bits per heavy atom. The monoisotopic (exact) mass is 348 g/mol. The first-order chi connectivity index (χ1) is 12.0. The van der Waals surface area contributed by atoms with E-state index in [1.807, 2.05) is 0 Å². The third-order valence-corrected chi connectivity index (χ3v) is 4.24. The van der Waals surface area contributed by atoms with Crippen LogP contribution in [0.4, 0.5) is 0 Å². The topological polar surface area (TPSA) is 105 Å². The lowest BCUT2D eigenvalue weighted by molar-refractivity contribution is -0.145. The third-order valence-electron chi connectivity index (χ3n) is 4.24. The largest absolute Gasteiger partial charge is 0.508 e. The zero-order valence-corrected chi connectivity index (χ0v) is 14.3. The van der Waals surface area contributed by atoms with Gasteiger partial charge in [0, 0.05) is 19.3 Å². The number of carbonyl (C=O) groups is 3. The molecule has 1 amide bonds. The number of esters is 1. The van der Waals surface area contributed by atoms with Gasteiger partial charge in [0.1, 0.15) is 17.6 Å². The molecule has 7 heteroatoms. The van der Waals surface area contributed by atoms with E-state index in [1.54, 1.807) is 12.1 Å². The number of methoxy groups -OCH3 is 1. The molecular weight excluding hydrogens is 324 g/mol. The molecule has 0 bridgehead atoms. The van der Waals surface area contributed by atoms with Crippen LogP contribution in [0.2, 0.25) is 0 Å². The Labute approximate surface area is 146 Å². The molecule has 25 heavy (non-hydrogen) atoms. The second-order valence-corrected chi connectivity index (χ2v) is 6.13. The van der Waals surface area contributed by atoms with Crippen molar-refractivity contribution in [2.75, 3.05) is 13.7 Å². The minimum atomic E-state index is -0.832. The van der Waals surface area contributed by atoms with Crippen LogP contribution in [0, 0.1) is 0 Å². The lowest BCUT2D eigenvalue weighted by Gasteiger charge is -2.17. The zero-order chi connectivity index (χ0) is 18.2. The minimum absolute atomic E-state index is 0.0285. The van der Waals surface area contributed by atoms with Gasteiger partial charge in [-0.25, -0.2) is 4.79 Å². The van der Waals surface area contributed by atoms with Crippen LogP contribution in [0.15, 0.2) is 24.3 Å². The van der Waals surface area contributed by atoms with Crippen molar-refractivity contribution in [2.45, 2.75) is 44.2 Å². The number of amides is 1. The Bertz CT molecular complexity index is 608. The molecule has 0 aromatic heterocycles. The van der Waals surface area contributed by atoms with Crippen LogP contribution < -0.4 is 10.6 Å². The minimum Gasteiger partial charge on any atom is -0.508 e. The fraction of sp³-hybridized carbons (Fsp3) is 0.500. The number of carbonyl (C=O) groups excluding carboxylic acids is 3. The summed E-state index contributed by atoms with van der Waals surface area (Å²) in [6, 6.07) is 5.39. The molecule has 1 aliphatic heterocycles. The van der Waals surface area contributed by atoms with Crippen LogP contribution in [0.3, 0.4) is 0 Å². The fourth-order valence-corrected chi connectivity index (χ4v) is 2.84. The number of rotatable bonds is 8. The predicted molar refractivity (Wildman–Crippen MR) is 91.0 cm³/mol. The van der Waals surface area contributed by atoms with Gasteiger partial charge >= 0.3 is 5.97 Å². The molecule has 1 fully saturated rings. The van der Waals surface area contributed by atoms with Gasteiger partial charge in [-0.2, -0.15) is 0 Å². The summed E-state index contributed by atoms with van der Waals surface area (Å²) >= 11 is 0. The summed E-state index contributed by atoms with van der Waals surface area (Å²) < 4.78 is 4.74. The molecule has 1 saturated heterocycles. The summed E-state index contributed by atoms with van der Waals surface area (Å²) in [4.78, 5) is 36.0. The normalized spacial score (nSPS) is 17.7. The van der Waals surface area contributed by atoms with Crippen molar-refractivity contribution in [3.63, 3.8) is 0 Å². The summed E-state index contributed by atoms with van der Waals surface area (Å²) in [6.07, 6.45) is 2.22. The Morgan fingerprint density at radius 1 is 1.28 bits per heavy atom. The highest BCUT2D eigenvalue weighted by molar-refractivity contribution is 5.90. The van der Waals surface area contributed by atoms with Crippen LogP contribution in [-0.4, -0.2) is 48.5 Å². The smallest absolute Gasteiger partial charge is 0.328 e. The molecule has 2 atom stereocenters. The molecule has 1 aliphatic rings. The highest BCUT2D eigenvalue weighted by Crippen LogP contribution is 2.12. The Balaban J connectivity index is 1.87. The van der Waals surface area contributed by atoms with E-state index in [0.29, 0.717) is 0 Å². The molecule has 7 nitrogen and oxygen atoms in total. The number of Topliss-reactive ketones (excluding diaryl/α,β-unsaturated/α-hetero) is 1. The van der Waals surface area contributed by atoms with Gasteiger partial charge in [0.15, 0.2) is 0 Å². The Morgan fingerprint density at radius 3 is 2.60 bits per heavy atom. The van der Waals surface area contributed by atoms with E-state index >= 15 is 0 Å². The van der Waals surface area contributed by atoms with Crippen molar-refractivity contribution in [3.05, 3.63) is 29.8 Å². The number of phenols is 1. The van der Waals surface area contributed by atoms with Gasteiger partial charge in [-0.1, -0.05) is 12.1 Å². The number of benzene rings is 1. The first-order valence-corrected chi connectivity index (χ1v) is 8.41. The van der Waals surface area contributed by atoms with Crippen molar-refractivity contribution in [3.8, 4) is 5.75 Å². The molecule has 3 N–H and O–H groups in total. The van der Waals surface area contributed by atoms with Gasteiger partial charge in [-0.05, 0) is 37.1 Å². The van der Waals surface area contributed by atoms with Crippen molar-refractivity contribution >= 4 is 17.7 Å². The molecule has 0 unspecified atom stereocenters. The van der Waals surface area contributed by atoms with E-state index in [2.05, 4.69) is 10.6 Å². The SMILES string of the molecule is COC(=O)[C@H](Cc1ccc(O)cc1)NC(=O)CCC(=O)[C@@H]1CCCN1. The Kier molecular flexibility index (Phi) is 6.94. The highest BCUT2D eigenvalue weighted by Gasteiger charge is 2.25.